The van der Waals surface area contributed by atoms with Gasteiger partial charge in [-0.15, -0.1) is 6.58 Å². The second-order valence-electron chi connectivity index (χ2n) is 3.23. The molecule has 1 rings (SSSR count). The summed E-state index contributed by atoms with van der Waals surface area (Å²) in [5.41, 5.74) is 7.01. The molecule has 0 bridgehead atoms. The molecule has 15 heavy (non-hydrogen) atoms. The van der Waals surface area contributed by atoms with Gasteiger partial charge in [0.15, 0.2) is 5.78 Å². The van der Waals surface area contributed by atoms with E-state index in [1.165, 1.54) is 0 Å². The van der Waals surface area contributed by atoms with Crippen molar-refractivity contribution in [2.24, 2.45) is 0 Å². The van der Waals surface area contributed by atoms with Crippen LogP contribution in [0, 0.1) is 6.92 Å². The van der Waals surface area contributed by atoms with Gasteiger partial charge < -0.3 is 11.1 Å². The van der Waals surface area contributed by atoms with Crippen LogP contribution in [0.2, 0.25) is 0 Å². The Morgan fingerprint density at radius 2 is 2.47 bits per heavy atom. The summed E-state index contributed by atoms with van der Waals surface area (Å²) in [6.07, 6.45) is 3.30. The molecule has 1 aromatic heterocycles. The number of aryl methyl sites for hydroxylation is 1. The smallest absolute Gasteiger partial charge is 0.180 e. The van der Waals surface area contributed by atoms with Crippen molar-refractivity contribution in [3.63, 3.8) is 0 Å². The third-order valence-electron chi connectivity index (χ3n) is 2.04. The van der Waals surface area contributed by atoms with Gasteiger partial charge in [0.2, 0.25) is 0 Å². The van der Waals surface area contributed by atoms with Crippen LogP contribution in [0.3, 0.4) is 0 Å². The second-order valence-corrected chi connectivity index (χ2v) is 3.23. The lowest BCUT2D eigenvalue weighted by molar-refractivity contribution is 0.0992. The fraction of sp³-hybridized carbons (Fsp3) is 0.273. The Labute approximate surface area is 89.2 Å². The molecule has 4 nitrogen and oxygen atoms in total. The predicted molar refractivity (Wildman–Crippen MR) is 60.8 cm³/mol. The molecular formula is C11H15N3O. The first-order valence-electron chi connectivity index (χ1n) is 4.72. The molecule has 1 aromatic rings. The van der Waals surface area contributed by atoms with Gasteiger partial charge >= 0.3 is 0 Å². The zero-order valence-electron chi connectivity index (χ0n) is 8.79. The molecule has 0 aliphatic carbocycles. The maximum Gasteiger partial charge on any atom is 0.180 e. The Kier molecular flexibility index (Phi) is 4.00. The quantitative estimate of drug-likeness (QED) is 0.426. The molecule has 4 heteroatoms. The fourth-order valence-electron chi connectivity index (χ4n) is 1.32. The largest absolute Gasteiger partial charge is 0.383 e. The number of carbonyl (C=O) groups excluding carboxylic acids is 1. The summed E-state index contributed by atoms with van der Waals surface area (Å²) in [6.45, 7) is 6.26. The van der Waals surface area contributed by atoms with Gasteiger partial charge in [0.25, 0.3) is 0 Å². The SMILES string of the molecule is C=CCNCC(=O)c1c(C)ccnc1N. The van der Waals surface area contributed by atoms with Crippen LogP contribution >= 0.6 is 0 Å². The van der Waals surface area contributed by atoms with Crippen LogP contribution in [0.5, 0.6) is 0 Å². The van der Waals surface area contributed by atoms with Crippen LogP contribution in [0.1, 0.15) is 15.9 Å². The molecule has 80 valence electrons. The number of carbonyl (C=O) groups is 1. The minimum atomic E-state index is -0.0417. The van der Waals surface area contributed by atoms with Gasteiger partial charge in [-0.25, -0.2) is 4.98 Å². The van der Waals surface area contributed by atoms with E-state index in [9.17, 15) is 4.79 Å². The number of nitrogens with two attached hydrogens (primary N) is 1. The molecule has 0 atom stereocenters. The Balaban J connectivity index is 2.77. The van der Waals surface area contributed by atoms with Crippen molar-refractivity contribution in [2.75, 3.05) is 18.8 Å². The van der Waals surface area contributed by atoms with Crippen molar-refractivity contribution in [1.29, 1.82) is 0 Å². The minimum absolute atomic E-state index is 0.0417. The molecule has 0 fully saturated rings. The van der Waals surface area contributed by atoms with Crippen LogP contribution in [0.15, 0.2) is 24.9 Å². The molecule has 3 N–H and O–H groups in total. The molecule has 0 spiro atoms. The normalized spacial score (nSPS) is 9.93. The Morgan fingerprint density at radius 3 is 3.07 bits per heavy atom. The minimum Gasteiger partial charge on any atom is -0.383 e. The van der Waals surface area contributed by atoms with Gasteiger partial charge in [0.1, 0.15) is 5.82 Å². The molecule has 0 saturated carbocycles. The molecule has 0 unspecified atom stereocenters. The van der Waals surface area contributed by atoms with Crippen LogP contribution in [-0.4, -0.2) is 23.9 Å². The zero-order valence-corrected chi connectivity index (χ0v) is 8.79. The fourth-order valence-corrected chi connectivity index (χ4v) is 1.32. The highest BCUT2D eigenvalue weighted by Gasteiger charge is 2.12. The summed E-state index contributed by atoms with van der Waals surface area (Å²) in [6, 6.07) is 1.77. The van der Waals surface area contributed by atoms with E-state index in [1.54, 1.807) is 18.3 Å². The van der Waals surface area contributed by atoms with Crippen molar-refractivity contribution in [3.05, 3.63) is 36.0 Å². The first-order chi connectivity index (χ1) is 7.16. The van der Waals surface area contributed by atoms with E-state index in [2.05, 4.69) is 16.9 Å². The van der Waals surface area contributed by atoms with Crippen LogP contribution < -0.4 is 11.1 Å². The Bertz CT molecular complexity index is 354. The lowest BCUT2D eigenvalue weighted by Gasteiger charge is -2.07. The van der Waals surface area contributed by atoms with Gasteiger partial charge in [-0.1, -0.05) is 6.08 Å². The number of anilines is 1. The van der Waals surface area contributed by atoms with Crippen LogP contribution in [-0.2, 0) is 0 Å². The number of hydrogen-bond acceptors (Lipinski definition) is 4. The van der Waals surface area contributed by atoms with E-state index in [0.717, 1.165) is 5.56 Å². The number of hydrogen-bond donors (Lipinski definition) is 2. The van der Waals surface area contributed by atoms with Crippen molar-refractivity contribution < 1.29 is 4.79 Å². The molecule has 0 amide bonds. The van der Waals surface area contributed by atoms with Gasteiger partial charge in [-0.05, 0) is 18.6 Å². The topological polar surface area (TPSA) is 68.0 Å². The van der Waals surface area contributed by atoms with Crippen molar-refractivity contribution >= 4 is 11.6 Å². The first kappa shape index (κ1) is 11.4. The molecular weight excluding hydrogens is 190 g/mol. The highest BCUT2D eigenvalue weighted by atomic mass is 16.1. The molecule has 0 aromatic carbocycles. The molecule has 0 aliphatic rings. The summed E-state index contributed by atoms with van der Waals surface area (Å²) in [5.74, 6) is 0.250. The molecule has 0 aliphatic heterocycles. The number of Topliss-reactive ketones (excluding diaryl/α,β-unsaturated/α-hetero) is 1. The Hall–Kier alpha value is -1.68. The maximum absolute atomic E-state index is 11.7. The van der Waals surface area contributed by atoms with Gasteiger partial charge in [0, 0.05) is 12.7 Å². The van der Waals surface area contributed by atoms with E-state index in [0.29, 0.717) is 17.9 Å². The molecule has 0 saturated heterocycles. The number of ketones is 1. The first-order valence-corrected chi connectivity index (χ1v) is 4.72. The van der Waals surface area contributed by atoms with Crippen LogP contribution in [0.4, 0.5) is 5.82 Å². The molecule has 0 radical (unpaired) electrons. The number of nitrogens with zero attached hydrogens (tertiary/aromatic N) is 1. The van der Waals surface area contributed by atoms with Crippen molar-refractivity contribution in [2.45, 2.75) is 6.92 Å². The lowest BCUT2D eigenvalue weighted by atomic mass is 10.1. The van der Waals surface area contributed by atoms with Gasteiger partial charge in [-0.3, -0.25) is 4.79 Å². The summed E-state index contributed by atoms with van der Waals surface area (Å²) in [7, 11) is 0. The zero-order chi connectivity index (χ0) is 11.3. The highest BCUT2D eigenvalue weighted by Crippen LogP contribution is 2.13. The Morgan fingerprint density at radius 1 is 1.73 bits per heavy atom. The van der Waals surface area contributed by atoms with E-state index >= 15 is 0 Å². The second kappa shape index (κ2) is 5.26. The lowest BCUT2D eigenvalue weighted by Crippen LogP contribution is -2.24. The number of nitrogens with one attached hydrogen (secondary N) is 1. The van der Waals surface area contributed by atoms with E-state index < -0.39 is 0 Å². The number of nitrogen functional groups attached to an aromatic ring is 1. The number of rotatable bonds is 5. The predicted octanol–water partition coefficient (Wildman–Crippen LogP) is 0.931. The van der Waals surface area contributed by atoms with Crippen molar-refractivity contribution in [3.8, 4) is 0 Å². The molecule has 1 heterocycles. The summed E-state index contributed by atoms with van der Waals surface area (Å²) in [5, 5.41) is 2.94. The van der Waals surface area contributed by atoms with Gasteiger partial charge in [0.05, 0.1) is 12.1 Å². The number of pyridine rings is 1. The van der Waals surface area contributed by atoms with E-state index in [4.69, 9.17) is 5.73 Å². The average Bonchev–Trinajstić information content (AvgIpc) is 2.18. The third-order valence-corrected chi connectivity index (χ3v) is 2.04. The third kappa shape index (κ3) is 2.89. The summed E-state index contributed by atoms with van der Waals surface area (Å²) in [4.78, 5) is 15.6. The summed E-state index contributed by atoms with van der Waals surface area (Å²) >= 11 is 0. The standard InChI is InChI=1S/C11H15N3O/c1-3-5-13-7-9(15)10-8(2)4-6-14-11(10)12/h3-4,6,13H,1,5,7H2,2H3,(H2,12,14). The average molecular weight is 205 g/mol. The summed E-state index contributed by atoms with van der Waals surface area (Å²) < 4.78 is 0. The monoisotopic (exact) mass is 205 g/mol. The number of aromatic nitrogens is 1. The van der Waals surface area contributed by atoms with Crippen molar-refractivity contribution in [1.82, 2.24) is 10.3 Å². The van der Waals surface area contributed by atoms with Gasteiger partial charge in [-0.2, -0.15) is 0 Å². The van der Waals surface area contributed by atoms with Crippen LogP contribution in [0.25, 0.3) is 0 Å². The van der Waals surface area contributed by atoms with E-state index in [1.807, 2.05) is 6.92 Å². The van der Waals surface area contributed by atoms with E-state index in [-0.39, 0.29) is 12.3 Å². The highest BCUT2D eigenvalue weighted by molar-refractivity contribution is 6.02. The maximum atomic E-state index is 11.7.